The summed E-state index contributed by atoms with van der Waals surface area (Å²) in [6, 6.07) is 2.61. The van der Waals surface area contributed by atoms with Crippen molar-refractivity contribution in [1.82, 2.24) is 9.62 Å². The third-order valence-electron chi connectivity index (χ3n) is 2.75. The molecular weight excluding hydrogens is 308 g/mol. The summed E-state index contributed by atoms with van der Waals surface area (Å²) in [5, 5.41) is 2.26. The molecule has 0 unspecified atom stereocenters. The van der Waals surface area contributed by atoms with Gasteiger partial charge in [-0.25, -0.2) is 8.42 Å². The maximum absolute atomic E-state index is 12.3. The molecule has 0 radical (unpaired) electrons. The largest absolute Gasteiger partial charge is 0.438 e. The monoisotopic (exact) mass is 322 g/mol. The molecular formula is C11H15ClN2O5S. The maximum Gasteiger partial charge on any atom is 0.287 e. The standard InChI is InChI=1S/C11H15ClN2O5S/c12-3-4-13-11(15)9-1-2-10(19-9)20(16,17)14-5-7-18-8-6-14/h1-2H,3-8H2,(H,13,15). The number of amides is 1. The molecule has 112 valence electrons. The summed E-state index contributed by atoms with van der Waals surface area (Å²) in [6.45, 7) is 1.53. The van der Waals surface area contributed by atoms with Gasteiger partial charge in [0.05, 0.1) is 13.2 Å². The van der Waals surface area contributed by atoms with Crippen molar-refractivity contribution in [2.45, 2.75) is 5.09 Å². The van der Waals surface area contributed by atoms with Gasteiger partial charge in [0.25, 0.3) is 15.9 Å². The molecule has 1 fully saturated rings. The van der Waals surface area contributed by atoms with Gasteiger partial charge in [-0.15, -0.1) is 11.6 Å². The van der Waals surface area contributed by atoms with Crippen LogP contribution in [0.4, 0.5) is 0 Å². The van der Waals surface area contributed by atoms with Crippen LogP contribution in [0.25, 0.3) is 0 Å². The molecule has 0 aromatic carbocycles. The van der Waals surface area contributed by atoms with E-state index in [0.29, 0.717) is 13.2 Å². The number of hydrogen-bond donors (Lipinski definition) is 1. The van der Waals surface area contributed by atoms with Crippen molar-refractivity contribution in [3.05, 3.63) is 17.9 Å². The van der Waals surface area contributed by atoms with E-state index in [1.165, 1.54) is 16.4 Å². The molecule has 1 aliphatic heterocycles. The molecule has 0 aliphatic carbocycles. The smallest absolute Gasteiger partial charge is 0.287 e. The van der Waals surface area contributed by atoms with Crippen LogP contribution in [0, 0.1) is 0 Å². The average Bonchev–Trinajstić information content (AvgIpc) is 2.96. The number of furan rings is 1. The van der Waals surface area contributed by atoms with Crippen LogP contribution in [-0.4, -0.2) is 57.4 Å². The van der Waals surface area contributed by atoms with Crippen LogP contribution in [-0.2, 0) is 14.8 Å². The number of rotatable bonds is 5. The number of halogens is 1. The molecule has 1 saturated heterocycles. The summed E-state index contributed by atoms with van der Waals surface area (Å²) in [7, 11) is -3.71. The minimum Gasteiger partial charge on any atom is -0.438 e. The highest BCUT2D eigenvalue weighted by Gasteiger charge is 2.29. The van der Waals surface area contributed by atoms with Crippen molar-refractivity contribution in [3.63, 3.8) is 0 Å². The summed E-state index contributed by atoms with van der Waals surface area (Å²) in [5.74, 6) is -0.276. The zero-order valence-corrected chi connectivity index (χ0v) is 12.2. The van der Waals surface area contributed by atoms with Gasteiger partial charge < -0.3 is 14.5 Å². The summed E-state index contributed by atoms with van der Waals surface area (Å²) in [4.78, 5) is 11.6. The van der Waals surface area contributed by atoms with E-state index in [4.69, 9.17) is 20.8 Å². The summed E-state index contributed by atoms with van der Waals surface area (Å²) in [5.41, 5.74) is 0. The van der Waals surface area contributed by atoms with E-state index in [9.17, 15) is 13.2 Å². The Bertz CT molecular complexity index is 565. The maximum atomic E-state index is 12.3. The summed E-state index contributed by atoms with van der Waals surface area (Å²) >= 11 is 5.45. The Balaban J connectivity index is 2.13. The Morgan fingerprint density at radius 2 is 2.05 bits per heavy atom. The van der Waals surface area contributed by atoms with Crippen LogP contribution in [0.1, 0.15) is 10.6 Å². The zero-order valence-electron chi connectivity index (χ0n) is 10.7. The quantitative estimate of drug-likeness (QED) is 0.786. The van der Waals surface area contributed by atoms with Gasteiger partial charge in [0, 0.05) is 25.5 Å². The number of morpholine rings is 1. The molecule has 2 heterocycles. The highest BCUT2D eigenvalue weighted by Crippen LogP contribution is 2.19. The zero-order chi connectivity index (χ0) is 14.6. The van der Waals surface area contributed by atoms with E-state index in [1.807, 2.05) is 0 Å². The van der Waals surface area contributed by atoms with Gasteiger partial charge in [-0.05, 0) is 12.1 Å². The molecule has 0 atom stereocenters. The molecule has 20 heavy (non-hydrogen) atoms. The van der Waals surface area contributed by atoms with Crippen LogP contribution in [0.15, 0.2) is 21.6 Å². The minimum atomic E-state index is -3.71. The van der Waals surface area contributed by atoms with E-state index in [-0.39, 0.29) is 36.4 Å². The molecule has 7 nitrogen and oxygen atoms in total. The number of nitrogens with zero attached hydrogens (tertiary/aromatic N) is 1. The number of alkyl halides is 1. The lowest BCUT2D eigenvalue weighted by atomic mass is 10.4. The van der Waals surface area contributed by atoms with Crippen molar-refractivity contribution in [2.24, 2.45) is 0 Å². The Morgan fingerprint density at radius 3 is 2.70 bits per heavy atom. The molecule has 2 rings (SSSR count). The van der Waals surface area contributed by atoms with Gasteiger partial charge in [0.2, 0.25) is 5.09 Å². The van der Waals surface area contributed by atoms with Gasteiger partial charge in [-0.2, -0.15) is 4.31 Å². The molecule has 1 aromatic heterocycles. The fourth-order valence-corrected chi connectivity index (χ4v) is 3.16. The van der Waals surface area contributed by atoms with Crippen molar-refractivity contribution >= 4 is 27.5 Å². The predicted octanol–water partition coefficient (Wildman–Crippen LogP) is 0.269. The van der Waals surface area contributed by atoms with Gasteiger partial charge in [0.1, 0.15) is 0 Å². The van der Waals surface area contributed by atoms with Crippen molar-refractivity contribution < 1.29 is 22.4 Å². The second-order valence-corrected chi connectivity index (χ2v) is 6.33. The van der Waals surface area contributed by atoms with E-state index in [2.05, 4.69) is 5.32 Å². The molecule has 1 aliphatic rings. The molecule has 1 aromatic rings. The fourth-order valence-electron chi connectivity index (χ4n) is 1.74. The van der Waals surface area contributed by atoms with E-state index < -0.39 is 15.9 Å². The Hall–Kier alpha value is -1.09. The topological polar surface area (TPSA) is 88.9 Å². The first-order valence-electron chi connectivity index (χ1n) is 6.07. The van der Waals surface area contributed by atoms with Gasteiger partial charge in [-0.1, -0.05) is 0 Å². The van der Waals surface area contributed by atoms with Crippen molar-refractivity contribution in [3.8, 4) is 0 Å². The summed E-state index contributed by atoms with van der Waals surface area (Å²) < 4.78 is 36.0. The van der Waals surface area contributed by atoms with Crippen LogP contribution < -0.4 is 5.32 Å². The summed E-state index contributed by atoms with van der Waals surface area (Å²) in [6.07, 6.45) is 0. The van der Waals surface area contributed by atoms with Gasteiger partial charge in [-0.3, -0.25) is 4.79 Å². The Morgan fingerprint density at radius 1 is 1.35 bits per heavy atom. The normalized spacial score (nSPS) is 17.1. The minimum absolute atomic E-state index is 0.0537. The number of carbonyl (C=O) groups excluding carboxylic acids is 1. The molecule has 0 saturated carbocycles. The lowest BCUT2D eigenvalue weighted by Crippen LogP contribution is -2.40. The van der Waals surface area contributed by atoms with Gasteiger partial charge >= 0.3 is 0 Å². The van der Waals surface area contributed by atoms with E-state index in [1.54, 1.807) is 0 Å². The van der Waals surface area contributed by atoms with Gasteiger partial charge in [0.15, 0.2) is 5.76 Å². The lowest BCUT2D eigenvalue weighted by Gasteiger charge is -2.24. The van der Waals surface area contributed by atoms with Crippen LogP contribution in [0.5, 0.6) is 0 Å². The first-order chi connectivity index (χ1) is 9.55. The molecule has 9 heteroatoms. The SMILES string of the molecule is O=C(NCCCl)c1ccc(S(=O)(=O)N2CCOCC2)o1. The number of hydrogen-bond acceptors (Lipinski definition) is 5. The second-order valence-electron chi connectivity index (χ2n) is 4.08. The number of sulfonamides is 1. The van der Waals surface area contributed by atoms with Crippen molar-refractivity contribution in [2.75, 3.05) is 38.7 Å². The third kappa shape index (κ3) is 3.32. The lowest BCUT2D eigenvalue weighted by molar-refractivity contribution is 0.0722. The van der Waals surface area contributed by atoms with E-state index in [0.717, 1.165) is 0 Å². The fraction of sp³-hybridized carbons (Fsp3) is 0.545. The van der Waals surface area contributed by atoms with Crippen LogP contribution in [0.3, 0.4) is 0 Å². The highest BCUT2D eigenvalue weighted by atomic mass is 35.5. The molecule has 1 amide bonds. The Labute approximate surface area is 121 Å². The first-order valence-corrected chi connectivity index (χ1v) is 8.05. The number of carbonyl (C=O) groups is 1. The molecule has 0 bridgehead atoms. The van der Waals surface area contributed by atoms with Crippen LogP contribution >= 0.6 is 11.6 Å². The Kier molecular flexibility index (Phi) is 5.03. The third-order valence-corrected chi connectivity index (χ3v) is 4.71. The van der Waals surface area contributed by atoms with Crippen molar-refractivity contribution in [1.29, 1.82) is 0 Å². The first kappa shape index (κ1) is 15.3. The molecule has 1 N–H and O–H groups in total. The number of ether oxygens (including phenoxy) is 1. The number of nitrogens with one attached hydrogen (secondary N) is 1. The second kappa shape index (κ2) is 6.57. The van der Waals surface area contributed by atoms with E-state index >= 15 is 0 Å². The molecule has 0 spiro atoms. The average molecular weight is 323 g/mol. The predicted molar refractivity (Wildman–Crippen MR) is 71.3 cm³/mol. The van der Waals surface area contributed by atoms with Crippen LogP contribution in [0.2, 0.25) is 0 Å². The highest BCUT2D eigenvalue weighted by molar-refractivity contribution is 7.89.